The Bertz CT molecular complexity index is 1360. The van der Waals surface area contributed by atoms with E-state index in [9.17, 15) is 34.8 Å². The van der Waals surface area contributed by atoms with Crippen LogP contribution in [0.25, 0.3) is 0 Å². The zero-order chi connectivity index (χ0) is 33.3. The molecule has 0 aromatic carbocycles. The number of rotatable bonds is 10. The van der Waals surface area contributed by atoms with Gasteiger partial charge in [0, 0.05) is 35.2 Å². The van der Waals surface area contributed by atoms with Crippen molar-refractivity contribution in [1.29, 1.82) is 0 Å². The molecular formula is C35H48O10. The van der Waals surface area contributed by atoms with E-state index in [2.05, 4.69) is 6.92 Å². The third-order valence-corrected chi connectivity index (χ3v) is 11.7. The third-order valence-electron chi connectivity index (χ3n) is 11.7. The number of carbonyl (C=O) groups excluding carboxylic acids is 3. The van der Waals surface area contributed by atoms with Gasteiger partial charge in [-0.2, -0.15) is 0 Å². The van der Waals surface area contributed by atoms with E-state index in [0.717, 1.165) is 12.8 Å². The number of aliphatic hydroxyl groups is 4. The van der Waals surface area contributed by atoms with Crippen LogP contribution in [0.15, 0.2) is 48.1 Å². The first-order valence-electron chi connectivity index (χ1n) is 16.2. The van der Waals surface area contributed by atoms with Crippen molar-refractivity contribution < 1.29 is 49.0 Å². The minimum Gasteiger partial charge on any atom is -0.455 e. The van der Waals surface area contributed by atoms with Crippen molar-refractivity contribution in [3.8, 4) is 0 Å². The number of unbranched alkanes of at least 4 members (excludes halogenated alkanes) is 1. The summed E-state index contributed by atoms with van der Waals surface area (Å²) in [6.45, 7) is 11.8. The molecule has 4 fully saturated rings. The Hall–Kier alpha value is -2.63. The average molecular weight is 629 g/mol. The fourth-order valence-corrected chi connectivity index (χ4v) is 8.87. The van der Waals surface area contributed by atoms with E-state index in [-0.39, 0.29) is 5.57 Å². The first-order valence-corrected chi connectivity index (χ1v) is 16.2. The minimum atomic E-state index is -2.50. The van der Waals surface area contributed by atoms with Crippen LogP contribution in [0.3, 0.4) is 0 Å². The van der Waals surface area contributed by atoms with Gasteiger partial charge in [0.15, 0.2) is 17.0 Å². The summed E-state index contributed by atoms with van der Waals surface area (Å²) in [6, 6.07) is 0. The van der Waals surface area contributed by atoms with Gasteiger partial charge in [0.1, 0.15) is 17.8 Å². The van der Waals surface area contributed by atoms with Crippen LogP contribution >= 0.6 is 0 Å². The van der Waals surface area contributed by atoms with Crippen LogP contribution in [-0.4, -0.2) is 85.5 Å². The van der Waals surface area contributed by atoms with E-state index in [1.807, 2.05) is 32.9 Å². The second-order valence-electron chi connectivity index (χ2n) is 14.3. The van der Waals surface area contributed by atoms with Gasteiger partial charge in [0.2, 0.25) is 0 Å². The van der Waals surface area contributed by atoms with Crippen LogP contribution in [0.1, 0.15) is 67.7 Å². The molecule has 1 heterocycles. The van der Waals surface area contributed by atoms with Crippen LogP contribution < -0.4 is 0 Å². The maximum absolute atomic E-state index is 13.5. The highest BCUT2D eigenvalue weighted by atomic mass is 16.6. The minimum absolute atomic E-state index is 0.152. The molecule has 10 heteroatoms. The maximum atomic E-state index is 13.5. The SMILES string of the molecule is CCC/C=C/C=C/C=C/C(=O)OC1C(C)C2(O)C(C3OC3(CO)C(O)C3(O)C(=O)C(C)=CC32)C2C(C)(C)C12OC(=O)C(C)CC. The molecule has 0 spiro atoms. The molecule has 12 atom stereocenters. The molecule has 12 unspecified atom stereocenters. The maximum Gasteiger partial charge on any atom is 0.331 e. The standard InChI is InChI=1S/C35H48O10/c1-8-10-11-12-13-14-15-16-23(37)43-27-21(5)33(41)22-17-20(4)26(38)34(22,42)30(40)32(18-36)28(44-32)24(33)25-31(6,7)35(25,27)45-29(39)19(3)9-2/h11-17,19,21-22,24-25,27-28,30,36,40-42H,8-10,18H2,1-7H3/b12-11+,14-13+,16-15+. The zero-order valence-electron chi connectivity index (χ0n) is 27.2. The van der Waals surface area contributed by atoms with E-state index >= 15 is 0 Å². The number of hydrogen-bond acceptors (Lipinski definition) is 10. The molecule has 1 saturated heterocycles. The number of Topliss-reactive ketones (excluding diaryl/α,β-unsaturated/α-hetero) is 1. The highest BCUT2D eigenvalue weighted by Gasteiger charge is 2.93. The molecule has 248 valence electrons. The first-order chi connectivity index (χ1) is 21.1. The number of epoxide rings is 1. The van der Waals surface area contributed by atoms with E-state index in [4.69, 9.17) is 14.2 Å². The van der Waals surface area contributed by atoms with Crippen molar-refractivity contribution >= 4 is 17.7 Å². The summed E-state index contributed by atoms with van der Waals surface area (Å²) >= 11 is 0. The molecule has 0 aromatic rings. The summed E-state index contributed by atoms with van der Waals surface area (Å²) in [6.07, 6.45) is 10.1. The van der Waals surface area contributed by atoms with Gasteiger partial charge in [-0.1, -0.05) is 84.4 Å². The topological polar surface area (TPSA) is 163 Å². The highest BCUT2D eigenvalue weighted by molar-refractivity contribution is 6.05. The Balaban J connectivity index is 1.61. The molecule has 0 radical (unpaired) electrons. The molecule has 10 nitrogen and oxygen atoms in total. The fraction of sp³-hybridized carbons (Fsp3) is 0.686. The number of hydrogen-bond donors (Lipinski definition) is 4. The monoisotopic (exact) mass is 628 g/mol. The summed E-state index contributed by atoms with van der Waals surface area (Å²) in [7, 11) is 0. The number of aliphatic hydroxyl groups excluding tert-OH is 2. The summed E-state index contributed by atoms with van der Waals surface area (Å²) in [5.41, 5.74) is -8.32. The number of ketones is 1. The van der Waals surface area contributed by atoms with Crippen molar-refractivity contribution in [3.05, 3.63) is 48.1 Å². The fourth-order valence-electron chi connectivity index (χ4n) is 8.87. The number of fused-ring (bicyclic) bond motifs is 7. The molecule has 5 aliphatic rings. The number of carbonyl (C=O) groups is 3. The van der Waals surface area contributed by atoms with Gasteiger partial charge >= 0.3 is 11.9 Å². The van der Waals surface area contributed by atoms with Crippen LogP contribution in [0.4, 0.5) is 0 Å². The first kappa shape index (κ1) is 33.7. The predicted octanol–water partition coefficient (Wildman–Crippen LogP) is 2.73. The Morgan fingerprint density at radius 3 is 2.42 bits per heavy atom. The molecule has 0 bridgehead atoms. The van der Waals surface area contributed by atoms with Crippen LogP contribution in [-0.2, 0) is 28.6 Å². The normalized spacial score (nSPS) is 44.9. The second kappa shape index (κ2) is 11.3. The van der Waals surface area contributed by atoms with Crippen LogP contribution in [0.2, 0.25) is 0 Å². The smallest absolute Gasteiger partial charge is 0.331 e. The average Bonchev–Trinajstić information content (AvgIpc) is 3.83. The van der Waals surface area contributed by atoms with Gasteiger partial charge < -0.3 is 34.6 Å². The van der Waals surface area contributed by atoms with E-state index < -0.39 is 100 Å². The lowest BCUT2D eigenvalue weighted by Crippen LogP contribution is -2.69. The van der Waals surface area contributed by atoms with Gasteiger partial charge in [0.05, 0.1) is 24.2 Å². The van der Waals surface area contributed by atoms with Crippen molar-refractivity contribution in [1.82, 2.24) is 0 Å². The Labute approximate surface area is 264 Å². The Kier molecular flexibility index (Phi) is 8.44. The largest absolute Gasteiger partial charge is 0.455 e. The molecule has 5 rings (SSSR count). The molecule has 3 saturated carbocycles. The molecule has 0 amide bonds. The van der Waals surface area contributed by atoms with Crippen LogP contribution in [0, 0.1) is 35.0 Å². The quantitative estimate of drug-likeness (QED) is 0.122. The van der Waals surface area contributed by atoms with E-state index in [0.29, 0.717) is 6.42 Å². The Morgan fingerprint density at radius 2 is 1.80 bits per heavy atom. The lowest BCUT2D eigenvalue weighted by Gasteiger charge is -2.53. The molecule has 1 aliphatic heterocycles. The van der Waals surface area contributed by atoms with Gasteiger partial charge in [-0.05, 0) is 25.3 Å². The van der Waals surface area contributed by atoms with Crippen LogP contribution in [0.5, 0.6) is 0 Å². The third kappa shape index (κ3) is 4.43. The van der Waals surface area contributed by atoms with Gasteiger partial charge in [-0.25, -0.2) is 4.79 Å². The lowest BCUT2D eigenvalue weighted by atomic mass is 9.58. The van der Waals surface area contributed by atoms with E-state index in [1.165, 1.54) is 25.2 Å². The summed E-state index contributed by atoms with van der Waals surface area (Å²) < 4.78 is 18.5. The summed E-state index contributed by atoms with van der Waals surface area (Å²) in [5, 5.41) is 47.1. The zero-order valence-corrected chi connectivity index (χ0v) is 27.2. The molecule has 4 N–H and O–H groups in total. The summed E-state index contributed by atoms with van der Waals surface area (Å²) in [4.78, 5) is 40.3. The predicted molar refractivity (Wildman–Crippen MR) is 163 cm³/mol. The molecule has 0 aromatic heterocycles. The molecule has 45 heavy (non-hydrogen) atoms. The molecular weight excluding hydrogens is 580 g/mol. The van der Waals surface area contributed by atoms with Gasteiger partial charge in [-0.3, -0.25) is 9.59 Å². The molecule has 4 aliphatic carbocycles. The van der Waals surface area contributed by atoms with Crippen molar-refractivity contribution in [2.45, 2.75) is 108 Å². The lowest BCUT2D eigenvalue weighted by molar-refractivity contribution is -0.244. The summed E-state index contributed by atoms with van der Waals surface area (Å²) in [5.74, 6) is -6.35. The van der Waals surface area contributed by atoms with Crippen molar-refractivity contribution in [3.63, 3.8) is 0 Å². The number of allylic oxidation sites excluding steroid dienone is 5. The van der Waals surface area contributed by atoms with Crippen molar-refractivity contribution in [2.75, 3.05) is 6.61 Å². The highest BCUT2D eigenvalue weighted by Crippen LogP contribution is 2.80. The Morgan fingerprint density at radius 1 is 1.13 bits per heavy atom. The number of esters is 2. The second-order valence-corrected chi connectivity index (χ2v) is 14.3. The van der Waals surface area contributed by atoms with Crippen molar-refractivity contribution in [2.24, 2.45) is 35.0 Å². The van der Waals surface area contributed by atoms with Gasteiger partial charge in [-0.15, -0.1) is 0 Å². The number of ether oxygens (including phenoxy) is 3. The van der Waals surface area contributed by atoms with Gasteiger partial charge in [0.25, 0.3) is 0 Å². The van der Waals surface area contributed by atoms with E-state index in [1.54, 1.807) is 26.0 Å².